The Bertz CT molecular complexity index is 1350. The molecule has 6 heteroatoms. The summed E-state index contributed by atoms with van der Waals surface area (Å²) in [5, 5.41) is 5.28. The van der Waals surface area contributed by atoms with E-state index in [1.807, 2.05) is 42.0 Å². The van der Waals surface area contributed by atoms with Crippen molar-refractivity contribution in [1.82, 2.24) is 14.5 Å². The van der Waals surface area contributed by atoms with Gasteiger partial charge in [-0.2, -0.15) is 0 Å². The number of pyridine rings is 1. The molecule has 5 rings (SSSR count). The number of fused-ring (bicyclic) bond motifs is 2. The van der Waals surface area contributed by atoms with Crippen molar-refractivity contribution in [2.75, 3.05) is 5.32 Å². The van der Waals surface area contributed by atoms with Gasteiger partial charge in [0.15, 0.2) is 5.82 Å². The van der Waals surface area contributed by atoms with Crippen LogP contribution in [-0.4, -0.2) is 20.7 Å². The molecule has 0 amide bonds. The number of aromatic nitrogens is 3. The summed E-state index contributed by atoms with van der Waals surface area (Å²) in [4.78, 5) is 27.0. The van der Waals surface area contributed by atoms with Crippen LogP contribution in [0, 0.1) is 12.8 Å². The van der Waals surface area contributed by atoms with E-state index in [1.54, 1.807) is 6.33 Å². The molecule has 0 radical (unpaired) electrons. The average molecular weight is 426 g/mol. The van der Waals surface area contributed by atoms with E-state index in [-0.39, 0.29) is 11.6 Å². The number of nitrogens with zero attached hydrogens (tertiary/aromatic N) is 4. The molecule has 1 aliphatic carbocycles. The lowest BCUT2D eigenvalue weighted by atomic mass is 10.00. The van der Waals surface area contributed by atoms with E-state index in [1.165, 1.54) is 0 Å². The molecule has 32 heavy (non-hydrogen) atoms. The summed E-state index contributed by atoms with van der Waals surface area (Å²) in [6.07, 6.45) is 12.6. The topological polar surface area (TPSA) is 72.2 Å². The highest BCUT2D eigenvalue weighted by Crippen LogP contribution is 2.32. The number of hydrogen-bond acceptors (Lipinski definition) is 5. The van der Waals surface area contributed by atoms with Gasteiger partial charge in [0.2, 0.25) is 0 Å². The number of hydrogen-bond donors (Lipinski definition) is 1. The van der Waals surface area contributed by atoms with Gasteiger partial charge < -0.3 is 5.32 Å². The minimum absolute atomic E-state index is 0.0185. The monoisotopic (exact) mass is 425 g/mol. The van der Waals surface area contributed by atoms with E-state index in [0.29, 0.717) is 5.92 Å². The van der Waals surface area contributed by atoms with Crippen LogP contribution in [0.2, 0.25) is 0 Å². The first-order valence-corrected chi connectivity index (χ1v) is 11.2. The van der Waals surface area contributed by atoms with Crippen LogP contribution in [0.25, 0.3) is 16.5 Å². The van der Waals surface area contributed by atoms with Gasteiger partial charge in [-0.05, 0) is 62.1 Å². The van der Waals surface area contributed by atoms with Crippen molar-refractivity contribution in [1.29, 1.82) is 0 Å². The predicted octanol–water partition coefficient (Wildman–Crippen LogP) is 5.36. The molecule has 2 aromatic heterocycles. The minimum Gasteiger partial charge on any atom is -0.362 e. The molecule has 2 atom stereocenters. The van der Waals surface area contributed by atoms with E-state index in [4.69, 9.17) is 0 Å². The Balaban J connectivity index is 1.64. The number of aryl methyl sites for hydroxylation is 1. The normalized spacial score (nSPS) is 18.3. The van der Waals surface area contributed by atoms with Crippen molar-refractivity contribution in [3.63, 3.8) is 0 Å². The quantitative estimate of drug-likeness (QED) is 0.611. The van der Waals surface area contributed by atoms with Crippen LogP contribution in [0.15, 0.2) is 58.6 Å². The van der Waals surface area contributed by atoms with Crippen LogP contribution in [0.4, 0.5) is 11.6 Å². The third-order valence-electron chi connectivity index (χ3n) is 6.21. The number of allylic oxidation sites excluding steroid dienone is 4. The summed E-state index contributed by atoms with van der Waals surface area (Å²) in [6.45, 7) is 6.21. The maximum Gasteiger partial charge on any atom is 0.263 e. The molecule has 2 unspecified atom stereocenters. The van der Waals surface area contributed by atoms with Gasteiger partial charge in [-0.1, -0.05) is 37.3 Å². The Kier molecular flexibility index (Phi) is 5.21. The fourth-order valence-electron chi connectivity index (χ4n) is 4.58. The van der Waals surface area contributed by atoms with Gasteiger partial charge in [-0.3, -0.25) is 9.36 Å². The second kappa shape index (κ2) is 8.19. The molecule has 0 bridgehead atoms. The average Bonchev–Trinajstić information content (AvgIpc) is 2.80. The van der Waals surface area contributed by atoms with E-state index >= 15 is 0 Å². The Hall–Kier alpha value is -3.54. The fourth-order valence-corrected chi connectivity index (χ4v) is 4.58. The molecule has 0 spiro atoms. The van der Waals surface area contributed by atoms with Gasteiger partial charge in [0, 0.05) is 23.2 Å². The summed E-state index contributed by atoms with van der Waals surface area (Å²) >= 11 is 0. The number of anilines is 1. The molecular formula is C26H27N5O. The number of rotatable bonds is 4. The number of aliphatic imine (C=N–C) groups is 1. The van der Waals surface area contributed by atoms with Gasteiger partial charge in [0.05, 0.1) is 11.4 Å². The summed E-state index contributed by atoms with van der Waals surface area (Å²) in [5.74, 6) is 1.84. The van der Waals surface area contributed by atoms with E-state index in [2.05, 4.69) is 52.3 Å². The highest BCUT2D eigenvalue weighted by atomic mass is 16.1. The standard InChI is InChI=1S/C26H27N5O/c1-16-12-21-24(27-14-16)28-15-29-25(21)30-18(3)22-13-19-9-7-8-17(2)23(19)26(32)31(22)20-10-5-4-6-11-20/h5,7-11,13-16,18H,4,6,12H2,1-3H3,(H,28,29,30). The molecule has 1 N–H and O–H groups in total. The first-order chi connectivity index (χ1) is 15.5. The molecule has 3 aromatic rings. The molecule has 0 saturated heterocycles. The SMILES string of the molecule is Cc1cccc2cc(C(C)Nc3ncnc4c3CC(C)C=N4)n(C3=CCCC=C3)c(=O)c12. The summed E-state index contributed by atoms with van der Waals surface area (Å²) in [7, 11) is 0. The Morgan fingerprint density at radius 3 is 2.91 bits per heavy atom. The molecule has 2 aliphatic rings. The third-order valence-corrected chi connectivity index (χ3v) is 6.21. The summed E-state index contributed by atoms with van der Waals surface area (Å²) in [5.41, 5.74) is 3.87. The van der Waals surface area contributed by atoms with Crippen LogP contribution in [0.3, 0.4) is 0 Å². The second-order valence-corrected chi connectivity index (χ2v) is 8.71. The zero-order chi connectivity index (χ0) is 22.2. The lowest BCUT2D eigenvalue weighted by Gasteiger charge is -2.25. The first kappa shape index (κ1) is 20.4. The lowest BCUT2D eigenvalue weighted by molar-refractivity contribution is 0.744. The third kappa shape index (κ3) is 3.55. The molecule has 162 valence electrons. The maximum absolute atomic E-state index is 13.7. The van der Waals surface area contributed by atoms with Crippen molar-refractivity contribution >= 4 is 34.3 Å². The fraction of sp³-hybridized carbons (Fsp3) is 0.308. The Labute approximate surface area is 187 Å². The van der Waals surface area contributed by atoms with Crippen molar-refractivity contribution in [2.45, 2.75) is 46.1 Å². The summed E-state index contributed by atoms with van der Waals surface area (Å²) in [6, 6.07) is 7.99. The number of nitrogens with one attached hydrogen (secondary N) is 1. The second-order valence-electron chi connectivity index (χ2n) is 8.71. The zero-order valence-corrected chi connectivity index (χ0v) is 18.7. The van der Waals surface area contributed by atoms with E-state index in [9.17, 15) is 4.79 Å². The highest BCUT2D eigenvalue weighted by Gasteiger charge is 2.22. The molecule has 0 fully saturated rings. The lowest BCUT2D eigenvalue weighted by Crippen LogP contribution is -2.27. The highest BCUT2D eigenvalue weighted by molar-refractivity contribution is 5.86. The maximum atomic E-state index is 13.7. The van der Waals surface area contributed by atoms with Crippen LogP contribution in [-0.2, 0) is 6.42 Å². The van der Waals surface area contributed by atoms with Gasteiger partial charge in [-0.25, -0.2) is 15.0 Å². The smallest absolute Gasteiger partial charge is 0.263 e. The molecule has 3 heterocycles. The van der Waals surface area contributed by atoms with Crippen molar-refractivity contribution < 1.29 is 0 Å². The van der Waals surface area contributed by atoms with Crippen molar-refractivity contribution in [3.05, 3.63) is 76.0 Å². The van der Waals surface area contributed by atoms with Gasteiger partial charge in [0.1, 0.15) is 12.1 Å². The van der Waals surface area contributed by atoms with Gasteiger partial charge in [-0.15, -0.1) is 0 Å². The van der Waals surface area contributed by atoms with Crippen LogP contribution >= 0.6 is 0 Å². The Morgan fingerprint density at radius 2 is 2.09 bits per heavy atom. The molecule has 0 saturated carbocycles. The first-order valence-electron chi connectivity index (χ1n) is 11.2. The molecule has 1 aromatic carbocycles. The predicted molar refractivity (Wildman–Crippen MR) is 131 cm³/mol. The largest absolute Gasteiger partial charge is 0.362 e. The van der Waals surface area contributed by atoms with Crippen LogP contribution in [0.5, 0.6) is 0 Å². The van der Waals surface area contributed by atoms with Crippen LogP contribution in [0.1, 0.15) is 49.6 Å². The molecule has 6 nitrogen and oxygen atoms in total. The van der Waals surface area contributed by atoms with Crippen molar-refractivity contribution in [3.8, 4) is 0 Å². The van der Waals surface area contributed by atoms with Gasteiger partial charge in [0.25, 0.3) is 5.56 Å². The minimum atomic E-state index is -0.149. The zero-order valence-electron chi connectivity index (χ0n) is 18.7. The van der Waals surface area contributed by atoms with Gasteiger partial charge >= 0.3 is 0 Å². The van der Waals surface area contributed by atoms with Crippen LogP contribution < -0.4 is 10.9 Å². The summed E-state index contributed by atoms with van der Waals surface area (Å²) < 4.78 is 1.86. The number of benzene rings is 1. The molecule has 1 aliphatic heterocycles. The molecular weight excluding hydrogens is 398 g/mol. The van der Waals surface area contributed by atoms with Crippen molar-refractivity contribution in [2.24, 2.45) is 10.9 Å². The Morgan fingerprint density at radius 1 is 1.22 bits per heavy atom. The van der Waals surface area contributed by atoms with E-state index < -0.39 is 0 Å². The van der Waals surface area contributed by atoms with E-state index in [0.717, 1.165) is 64.2 Å².